The minimum absolute atomic E-state index is 0.149. The fraction of sp³-hybridized carbons (Fsp3) is 0.478. The van der Waals surface area contributed by atoms with Crippen LogP contribution in [0.4, 0.5) is 4.39 Å². The second-order valence-corrected chi connectivity index (χ2v) is 10.3. The summed E-state index contributed by atoms with van der Waals surface area (Å²) in [6.45, 7) is 2.89. The molecule has 0 aromatic heterocycles. The second kappa shape index (κ2) is 8.44. The van der Waals surface area contributed by atoms with Crippen molar-refractivity contribution in [1.82, 2.24) is 4.90 Å². The van der Waals surface area contributed by atoms with Crippen molar-refractivity contribution in [2.45, 2.75) is 36.5 Å². The SMILES string of the molecule is COc1ccc2c(c1)C(CN1CCC(CS(=O)(=O)c3ccc(F)cc3)CC1)CC2. The molecule has 0 amide bonds. The summed E-state index contributed by atoms with van der Waals surface area (Å²) in [4.78, 5) is 2.69. The summed E-state index contributed by atoms with van der Waals surface area (Å²) in [5.74, 6) is 1.34. The molecular formula is C23H28FNO3S. The third-order valence-corrected chi connectivity index (χ3v) is 8.27. The minimum atomic E-state index is -3.36. The molecule has 0 N–H and O–H groups in total. The lowest BCUT2D eigenvalue weighted by Crippen LogP contribution is -2.38. The van der Waals surface area contributed by atoms with Crippen molar-refractivity contribution in [2.24, 2.45) is 5.92 Å². The van der Waals surface area contributed by atoms with Gasteiger partial charge in [-0.1, -0.05) is 6.07 Å². The maximum absolute atomic E-state index is 13.1. The van der Waals surface area contributed by atoms with Gasteiger partial charge in [-0.15, -0.1) is 0 Å². The van der Waals surface area contributed by atoms with E-state index in [0.29, 0.717) is 5.92 Å². The number of nitrogens with zero attached hydrogens (tertiary/aromatic N) is 1. The Bertz CT molecular complexity index is 951. The van der Waals surface area contributed by atoms with Gasteiger partial charge in [0.1, 0.15) is 11.6 Å². The minimum Gasteiger partial charge on any atom is -0.497 e. The summed E-state index contributed by atoms with van der Waals surface area (Å²) in [7, 11) is -1.66. The number of hydrogen-bond acceptors (Lipinski definition) is 4. The Balaban J connectivity index is 1.32. The van der Waals surface area contributed by atoms with E-state index in [1.807, 2.05) is 6.07 Å². The van der Waals surface area contributed by atoms with Crippen LogP contribution in [0.1, 0.15) is 36.3 Å². The van der Waals surface area contributed by atoms with Gasteiger partial charge < -0.3 is 9.64 Å². The molecule has 1 aliphatic carbocycles. The van der Waals surface area contributed by atoms with E-state index >= 15 is 0 Å². The average molecular weight is 418 g/mol. The average Bonchev–Trinajstić information content (AvgIpc) is 3.11. The highest BCUT2D eigenvalue weighted by molar-refractivity contribution is 7.91. The normalized spacial score (nSPS) is 20.6. The molecule has 1 unspecified atom stereocenters. The zero-order chi connectivity index (χ0) is 20.4. The van der Waals surface area contributed by atoms with Crippen LogP contribution in [0.2, 0.25) is 0 Å². The number of benzene rings is 2. The second-order valence-electron chi connectivity index (χ2n) is 8.28. The van der Waals surface area contributed by atoms with Crippen molar-refractivity contribution in [3.05, 3.63) is 59.4 Å². The highest BCUT2D eigenvalue weighted by Gasteiger charge is 2.29. The van der Waals surface area contributed by atoms with E-state index in [2.05, 4.69) is 17.0 Å². The van der Waals surface area contributed by atoms with Crippen LogP contribution < -0.4 is 4.74 Å². The van der Waals surface area contributed by atoms with Gasteiger partial charge in [-0.3, -0.25) is 0 Å². The molecule has 0 saturated carbocycles. The van der Waals surface area contributed by atoms with Crippen LogP contribution in [0.3, 0.4) is 0 Å². The molecule has 0 bridgehead atoms. The Morgan fingerprint density at radius 2 is 1.79 bits per heavy atom. The Hall–Kier alpha value is -1.92. The maximum Gasteiger partial charge on any atom is 0.178 e. The zero-order valence-electron chi connectivity index (χ0n) is 16.8. The summed E-state index contributed by atoms with van der Waals surface area (Å²) in [5, 5.41) is 0. The van der Waals surface area contributed by atoms with E-state index < -0.39 is 15.7 Å². The standard InChI is InChI=1S/C23H28FNO3S/c1-28-21-7-4-18-2-3-19(23(18)14-21)15-25-12-10-17(11-13-25)16-29(26,27)22-8-5-20(24)6-9-22/h4-9,14,17,19H,2-3,10-13,15-16H2,1H3. The molecule has 29 heavy (non-hydrogen) atoms. The van der Waals surface area contributed by atoms with E-state index in [-0.39, 0.29) is 16.6 Å². The number of piperidine rings is 1. The number of fused-ring (bicyclic) bond motifs is 1. The number of sulfone groups is 1. The first-order chi connectivity index (χ1) is 13.9. The lowest BCUT2D eigenvalue weighted by Gasteiger charge is -2.33. The monoisotopic (exact) mass is 417 g/mol. The van der Waals surface area contributed by atoms with Crippen LogP contribution in [0.5, 0.6) is 5.75 Å². The largest absolute Gasteiger partial charge is 0.497 e. The smallest absolute Gasteiger partial charge is 0.178 e. The van der Waals surface area contributed by atoms with Gasteiger partial charge >= 0.3 is 0 Å². The molecule has 1 aliphatic heterocycles. The van der Waals surface area contributed by atoms with Gasteiger partial charge in [0.05, 0.1) is 17.8 Å². The predicted octanol–water partition coefficient (Wildman–Crippen LogP) is 4.05. The van der Waals surface area contributed by atoms with E-state index in [1.165, 1.54) is 41.8 Å². The van der Waals surface area contributed by atoms with Crippen LogP contribution in [0.25, 0.3) is 0 Å². The first kappa shape index (κ1) is 20.4. The topological polar surface area (TPSA) is 46.6 Å². The van der Waals surface area contributed by atoms with E-state index in [4.69, 9.17) is 4.74 Å². The van der Waals surface area contributed by atoms with Crippen molar-refractivity contribution in [3.8, 4) is 5.75 Å². The molecule has 1 saturated heterocycles. The number of rotatable bonds is 6. The molecule has 4 rings (SSSR count). The van der Waals surface area contributed by atoms with E-state index in [1.54, 1.807) is 7.11 Å². The fourth-order valence-electron chi connectivity index (χ4n) is 4.68. The third kappa shape index (κ3) is 4.64. The lowest BCUT2D eigenvalue weighted by molar-refractivity contribution is 0.183. The molecule has 6 heteroatoms. The molecule has 0 radical (unpaired) electrons. The number of ether oxygens (including phenoxy) is 1. The highest BCUT2D eigenvalue weighted by Crippen LogP contribution is 2.36. The fourth-order valence-corrected chi connectivity index (χ4v) is 6.38. The number of halogens is 1. The molecule has 4 nitrogen and oxygen atoms in total. The van der Waals surface area contributed by atoms with Crippen molar-refractivity contribution >= 4 is 9.84 Å². The quantitative estimate of drug-likeness (QED) is 0.666. The van der Waals surface area contributed by atoms with Crippen LogP contribution in [0.15, 0.2) is 47.4 Å². The Morgan fingerprint density at radius 3 is 2.48 bits per heavy atom. The van der Waals surface area contributed by atoms with Gasteiger partial charge in [0.2, 0.25) is 0 Å². The number of methoxy groups -OCH3 is 1. The molecular weight excluding hydrogens is 389 g/mol. The van der Waals surface area contributed by atoms with Gasteiger partial charge in [0, 0.05) is 6.54 Å². The summed E-state index contributed by atoms with van der Waals surface area (Å²) >= 11 is 0. The number of likely N-dealkylation sites (tertiary alicyclic amines) is 1. The van der Waals surface area contributed by atoms with Crippen molar-refractivity contribution < 1.29 is 17.5 Å². The summed E-state index contributed by atoms with van der Waals surface area (Å²) in [6, 6.07) is 11.6. The first-order valence-electron chi connectivity index (χ1n) is 10.3. The first-order valence-corrected chi connectivity index (χ1v) is 12.0. The lowest BCUT2D eigenvalue weighted by atomic mass is 9.95. The Labute approximate surface area is 172 Å². The van der Waals surface area contributed by atoms with Gasteiger partial charge in [-0.2, -0.15) is 0 Å². The third-order valence-electron chi connectivity index (χ3n) is 6.37. The van der Waals surface area contributed by atoms with Crippen molar-refractivity contribution in [2.75, 3.05) is 32.5 Å². The molecule has 0 spiro atoms. The molecule has 1 atom stereocenters. The maximum atomic E-state index is 13.1. The molecule has 1 fully saturated rings. The Morgan fingerprint density at radius 1 is 1.07 bits per heavy atom. The molecule has 2 aromatic rings. The summed E-state index contributed by atoms with van der Waals surface area (Å²) in [5.41, 5.74) is 2.83. The van der Waals surface area contributed by atoms with Crippen LogP contribution in [-0.4, -0.2) is 45.8 Å². The van der Waals surface area contributed by atoms with E-state index in [0.717, 1.165) is 44.6 Å². The summed E-state index contributed by atoms with van der Waals surface area (Å²) < 4.78 is 43.7. The number of aryl methyl sites for hydroxylation is 1. The van der Waals surface area contributed by atoms with Gasteiger partial charge in [-0.05, 0) is 98.1 Å². The van der Waals surface area contributed by atoms with Crippen molar-refractivity contribution in [1.29, 1.82) is 0 Å². The Kier molecular flexibility index (Phi) is 5.93. The highest BCUT2D eigenvalue weighted by atomic mass is 32.2. The molecule has 156 valence electrons. The molecule has 2 aromatic carbocycles. The van der Waals surface area contributed by atoms with Crippen molar-refractivity contribution in [3.63, 3.8) is 0 Å². The predicted molar refractivity (Wildman–Crippen MR) is 112 cm³/mol. The van der Waals surface area contributed by atoms with E-state index in [9.17, 15) is 12.8 Å². The summed E-state index contributed by atoms with van der Waals surface area (Å²) in [6.07, 6.45) is 4.06. The van der Waals surface area contributed by atoms with Gasteiger partial charge in [-0.25, -0.2) is 12.8 Å². The molecule has 1 heterocycles. The van der Waals surface area contributed by atoms with Crippen LogP contribution >= 0.6 is 0 Å². The van der Waals surface area contributed by atoms with Crippen LogP contribution in [0, 0.1) is 11.7 Å². The van der Waals surface area contributed by atoms with Gasteiger partial charge in [0.25, 0.3) is 0 Å². The zero-order valence-corrected chi connectivity index (χ0v) is 17.6. The van der Waals surface area contributed by atoms with Crippen LogP contribution in [-0.2, 0) is 16.3 Å². The molecule has 2 aliphatic rings. The number of hydrogen-bond donors (Lipinski definition) is 0. The van der Waals surface area contributed by atoms with Gasteiger partial charge in [0.15, 0.2) is 9.84 Å².